The van der Waals surface area contributed by atoms with E-state index in [1.165, 1.54) is 5.69 Å². The fraction of sp³-hybridized carbons (Fsp3) is 0.391. The minimum Gasteiger partial charge on any atom is -0.368 e. The van der Waals surface area contributed by atoms with E-state index in [1.807, 2.05) is 44.2 Å². The van der Waals surface area contributed by atoms with Crippen molar-refractivity contribution in [2.24, 2.45) is 5.41 Å². The van der Waals surface area contributed by atoms with Gasteiger partial charge in [-0.05, 0) is 63.1 Å². The van der Waals surface area contributed by atoms with Crippen LogP contribution in [0.2, 0.25) is 0 Å². The maximum atomic E-state index is 13.1. The number of hydrogen-bond donors (Lipinski definition) is 1. The molecule has 3 rings (SSSR count). The van der Waals surface area contributed by atoms with Crippen molar-refractivity contribution in [3.8, 4) is 0 Å². The van der Waals surface area contributed by atoms with Gasteiger partial charge < -0.3 is 15.1 Å². The van der Waals surface area contributed by atoms with E-state index in [1.54, 1.807) is 18.7 Å². The summed E-state index contributed by atoms with van der Waals surface area (Å²) in [6.07, 6.45) is 0. The van der Waals surface area contributed by atoms with Crippen LogP contribution in [0.15, 0.2) is 48.5 Å². The lowest BCUT2D eigenvalue weighted by Crippen LogP contribution is -2.54. The van der Waals surface area contributed by atoms with E-state index >= 15 is 0 Å². The van der Waals surface area contributed by atoms with Gasteiger partial charge in [0.2, 0.25) is 11.8 Å². The molecule has 0 bridgehead atoms. The number of amides is 2. The average molecular weight is 380 g/mol. The Morgan fingerprint density at radius 2 is 1.46 bits per heavy atom. The van der Waals surface area contributed by atoms with E-state index in [2.05, 4.69) is 28.4 Å². The first-order valence-corrected chi connectivity index (χ1v) is 9.76. The van der Waals surface area contributed by atoms with Gasteiger partial charge in [0.25, 0.3) is 0 Å². The van der Waals surface area contributed by atoms with Crippen molar-refractivity contribution in [3.05, 3.63) is 59.7 Å². The molecule has 1 aliphatic heterocycles. The Labute approximate surface area is 167 Å². The number of carbonyl (C=O) groups excluding carboxylic acids is 2. The van der Waals surface area contributed by atoms with Crippen LogP contribution in [0.25, 0.3) is 0 Å². The summed E-state index contributed by atoms with van der Waals surface area (Å²) in [5.41, 5.74) is 2.94. The molecule has 5 nitrogen and oxygen atoms in total. The third-order valence-corrected chi connectivity index (χ3v) is 5.27. The van der Waals surface area contributed by atoms with Gasteiger partial charge in [0.1, 0.15) is 5.41 Å². The van der Waals surface area contributed by atoms with Crippen LogP contribution in [0.1, 0.15) is 25.0 Å². The van der Waals surface area contributed by atoms with Crippen molar-refractivity contribution >= 4 is 23.2 Å². The monoisotopic (exact) mass is 379 g/mol. The third-order valence-electron chi connectivity index (χ3n) is 5.27. The van der Waals surface area contributed by atoms with Crippen molar-refractivity contribution < 1.29 is 9.59 Å². The van der Waals surface area contributed by atoms with Gasteiger partial charge in [-0.15, -0.1) is 0 Å². The first kappa shape index (κ1) is 19.9. The Hall–Kier alpha value is -2.82. The lowest BCUT2D eigenvalue weighted by Gasteiger charge is -2.39. The third kappa shape index (κ3) is 4.35. The summed E-state index contributed by atoms with van der Waals surface area (Å²) in [6, 6.07) is 16.1. The molecule has 28 heavy (non-hydrogen) atoms. The predicted octanol–water partition coefficient (Wildman–Crippen LogP) is 3.62. The normalized spacial score (nSPS) is 14.7. The molecule has 1 heterocycles. The molecule has 0 spiro atoms. The minimum atomic E-state index is -1.12. The molecule has 2 aromatic rings. The van der Waals surface area contributed by atoms with E-state index in [0.717, 1.165) is 29.9 Å². The van der Waals surface area contributed by atoms with Crippen molar-refractivity contribution in [2.75, 3.05) is 36.4 Å². The fourth-order valence-corrected chi connectivity index (χ4v) is 3.63. The highest BCUT2D eigenvalue weighted by Crippen LogP contribution is 2.25. The Bertz CT molecular complexity index is 833. The molecule has 1 fully saturated rings. The second-order valence-corrected chi connectivity index (χ2v) is 8.07. The first-order chi connectivity index (χ1) is 13.3. The van der Waals surface area contributed by atoms with E-state index < -0.39 is 5.41 Å². The highest BCUT2D eigenvalue weighted by Gasteiger charge is 2.40. The van der Waals surface area contributed by atoms with E-state index in [9.17, 15) is 9.59 Å². The van der Waals surface area contributed by atoms with Crippen molar-refractivity contribution in [2.45, 2.75) is 27.7 Å². The zero-order valence-electron chi connectivity index (χ0n) is 17.2. The van der Waals surface area contributed by atoms with Gasteiger partial charge in [-0.25, -0.2) is 0 Å². The van der Waals surface area contributed by atoms with Gasteiger partial charge in [0.05, 0.1) is 0 Å². The van der Waals surface area contributed by atoms with Crippen molar-refractivity contribution in [3.63, 3.8) is 0 Å². The number of anilines is 2. The molecule has 0 aliphatic carbocycles. The highest BCUT2D eigenvalue weighted by atomic mass is 16.2. The smallest absolute Gasteiger partial charge is 0.239 e. The molecular weight excluding hydrogens is 350 g/mol. The fourth-order valence-electron chi connectivity index (χ4n) is 3.63. The molecule has 0 aromatic heterocycles. The topological polar surface area (TPSA) is 52.7 Å². The van der Waals surface area contributed by atoms with Crippen LogP contribution in [0.5, 0.6) is 0 Å². The van der Waals surface area contributed by atoms with Gasteiger partial charge in [-0.3, -0.25) is 9.59 Å². The molecular formula is C23H29N3O2. The van der Waals surface area contributed by atoms with E-state index in [4.69, 9.17) is 0 Å². The minimum absolute atomic E-state index is 0.123. The number of rotatable bonds is 4. The maximum Gasteiger partial charge on any atom is 0.239 e. The lowest BCUT2D eigenvalue weighted by atomic mass is 9.89. The van der Waals surface area contributed by atoms with Crippen LogP contribution in [-0.2, 0) is 9.59 Å². The van der Waals surface area contributed by atoms with Gasteiger partial charge in [0, 0.05) is 37.6 Å². The summed E-state index contributed by atoms with van der Waals surface area (Å²) < 4.78 is 0. The second-order valence-electron chi connectivity index (χ2n) is 8.07. The molecule has 1 aliphatic rings. The molecule has 148 valence electrons. The van der Waals surface area contributed by atoms with Crippen LogP contribution >= 0.6 is 0 Å². The van der Waals surface area contributed by atoms with Crippen LogP contribution in [-0.4, -0.2) is 42.9 Å². The quantitative estimate of drug-likeness (QED) is 0.826. The van der Waals surface area contributed by atoms with Crippen molar-refractivity contribution in [1.29, 1.82) is 0 Å². The molecule has 2 aromatic carbocycles. The number of nitrogens with zero attached hydrogens (tertiary/aromatic N) is 2. The zero-order valence-corrected chi connectivity index (χ0v) is 17.2. The number of aryl methyl sites for hydroxylation is 2. The van der Waals surface area contributed by atoms with Gasteiger partial charge >= 0.3 is 0 Å². The van der Waals surface area contributed by atoms with Crippen LogP contribution in [0.4, 0.5) is 11.4 Å². The molecule has 0 saturated carbocycles. The largest absolute Gasteiger partial charge is 0.368 e. The first-order valence-electron chi connectivity index (χ1n) is 9.76. The van der Waals surface area contributed by atoms with Gasteiger partial charge in [0.15, 0.2) is 0 Å². The second kappa shape index (κ2) is 8.05. The molecule has 0 atom stereocenters. The number of nitrogens with one attached hydrogen (secondary N) is 1. The lowest BCUT2D eigenvalue weighted by molar-refractivity contribution is -0.146. The molecule has 0 radical (unpaired) electrons. The summed E-state index contributed by atoms with van der Waals surface area (Å²) in [7, 11) is 0. The predicted molar refractivity (Wildman–Crippen MR) is 114 cm³/mol. The summed E-state index contributed by atoms with van der Waals surface area (Å²) in [5.74, 6) is -0.393. The van der Waals surface area contributed by atoms with E-state index in [-0.39, 0.29) is 11.8 Å². The summed E-state index contributed by atoms with van der Waals surface area (Å²) in [6.45, 7) is 10.2. The van der Waals surface area contributed by atoms with Gasteiger partial charge in [-0.1, -0.05) is 24.3 Å². The molecule has 0 unspecified atom stereocenters. The standard InChI is InChI=1S/C23H29N3O2/c1-17-14-18(2)16-19(15-17)24-21(27)23(3,4)22(28)26-12-10-25(11-13-26)20-8-6-5-7-9-20/h5-9,14-16H,10-13H2,1-4H3,(H,24,27). The summed E-state index contributed by atoms with van der Waals surface area (Å²) in [5, 5.41) is 2.92. The number of hydrogen-bond acceptors (Lipinski definition) is 3. The SMILES string of the molecule is Cc1cc(C)cc(NC(=O)C(C)(C)C(=O)N2CCN(c3ccccc3)CC2)c1. The van der Waals surface area contributed by atoms with E-state index in [0.29, 0.717) is 13.1 Å². The maximum absolute atomic E-state index is 13.1. The highest BCUT2D eigenvalue weighted by molar-refractivity contribution is 6.10. The number of piperazine rings is 1. The summed E-state index contributed by atoms with van der Waals surface area (Å²) >= 11 is 0. The summed E-state index contributed by atoms with van der Waals surface area (Å²) in [4.78, 5) is 30.0. The average Bonchev–Trinajstić information content (AvgIpc) is 2.67. The Morgan fingerprint density at radius 3 is 2.04 bits per heavy atom. The Morgan fingerprint density at radius 1 is 0.893 bits per heavy atom. The number of carbonyl (C=O) groups is 2. The number of para-hydroxylation sites is 1. The van der Waals surface area contributed by atoms with Crippen LogP contribution < -0.4 is 10.2 Å². The van der Waals surface area contributed by atoms with Crippen LogP contribution in [0.3, 0.4) is 0 Å². The Balaban J connectivity index is 1.63. The Kier molecular flexibility index (Phi) is 5.73. The molecule has 1 N–H and O–H groups in total. The number of benzene rings is 2. The molecule has 5 heteroatoms. The van der Waals surface area contributed by atoms with Gasteiger partial charge in [-0.2, -0.15) is 0 Å². The zero-order chi connectivity index (χ0) is 20.3. The molecule has 1 saturated heterocycles. The van der Waals surface area contributed by atoms with Crippen LogP contribution in [0, 0.1) is 19.3 Å². The van der Waals surface area contributed by atoms with Crippen molar-refractivity contribution in [1.82, 2.24) is 4.90 Å². The molecule has 2 amide bonds.